The number of aryl methyl sites for hydroxylation is 1. The van der Waals surface area contributed by atoms with Gasteiger partial charge in [-0.3, -0.25) is 0 Å². The first kappa shape index (κ1) is 32.5. The molecule has 10 aromatic rings. The molecule has 0 N–H and O–H groups in total. The van der Waals surface area contributed by atoms with Crippen molar-refractivity contribution >= 4 is 48.6 Å². The van der Waals surface area contributed by atoms with Gasteiger partial charge in [-0.05, 0) is 77.1 Å². The summed E-state index contributed by atoms with van der Waals surface area (Å²) in [4.78, 5) is 15.3. The number of hydrogen-bond donors (Lipinski definition) is 0. The van der Waals surface area contributed by atoms with Crippen LogP contribution in [0.3, 0.4) is 0 Å². The summed E-state index contributed by atoms with van der Waals surface area (Å²) in [5.74, 6) is 2.94. The highest BCUT2D eigenvalue weighted by Crippen LogP contribution is 2.44. The molecule has 0 spiro atoms. The van der Waals surface area contributed by atoms with E-state index in [9.17, 15) is 0 Å². The Morgan fingerprint density at radius 1 is 0.446 bits per heavy atom. The fourth-order valence-corrected chi connectivity index (χ4v) is 9.21. The summed E-state index contributed by atoms with van der Waals surface area (Å²) in [6.07, 6.45) is 6.35. The van der Waals surface area contributed by atoms with E-state index in [-0.39, 0.29) is 0 Å². The van der Waals surface area contributed by atoms with Gasteiger partial charge >= 0.3 is 0 Å². The molecule has 0 aliphatic heterocycles. The molecule has 56 heavy (non-hydrogen) atoms. The molecule has 0 amide bonds. The van der Waals surface area contributed by atoms with Gasteiger partial charge in [-0.15, -0.1) is 11.3 Å². The Morgan fingerprint density at radius 2 is 1.05 bits per heavy atom. The first-order valence-electron chi connectivity index (χ1n) is 19.0. The average molecular weight is 736 g/mol. The van der Waals surface area contributed by atoms with Crippen LogP contribution in [0.2, 0.25) is 0 Å². The lowest BCUT2D eigenvalue weighted by molar-refractivity contribution is 0.596. The Bertz CT molecular complexity index is 3110. The van der Waals surface area contributed by atoms with Crippen LogP contribution in [0.4, 0.5) is 0 Å². The highest BCUT2D eigenvalue weighted by Gasteiger charge is 2.21. The normalized spacial score (nSPS) is 12.4. The summed E-state index contributed by atoms with van der Waals surface area (Å²) < 4.78 is 8.91. The lowest BCUT2D eigenvalue weighted by Crippen LogP contribution is -2.00. The number of hydrogen-bond acceptors (Lipinski definition) is 5. The molecule has 0 radical (unpaired) electrons. The second-order valence-corrected chi connectivity index (χ2v) is 15.3. The zero-order valence-corrected chi connectivity index (χ0v) is 31.1. The van der Waals surface area contributed by atoms with Gasteiger partial charge in [0, 0.05) is 53.4 Å². The molecule has 3 aromatic heterocycles. The lowest BCUT2D eigenvalue weighted by Gasteiger charge is -2.10. The molecule has 3 heterocycles. The summed E-state index contributed by atoms with van der Waals surface area (Å²) in [6.45, 7) is 0. The van der Waals surface area contributed by atoms with Crippen molar-refractivity contribution in [3.05, 3.63) is 181 Å². The monoisotopic (exact) mass is 735 g/mol. The number of rotatable bonds is 6. The number of benzene rings is 7. The van der Waals surface area contributed by atoms with Gasteiger partial charge in [-0.25, -0.2) is 15.0 Å². The van der Waals surface area contributed by atoms with Gasteiger partial charge in [-0.2, -0.15) is 0 Å². The second kappa shape index (κ2) is 13.4. The van der Waals surface area contributed by atoms with E-state index in [0.717, 1.165) is 62.3 Å². The highest BCUT2D eigenvalue weighted by atomic mass is 32.1. The number of aromatic nitrogens is 3. The molecule has 0 fully saturated rings. The molecule has 1 aliphatic carbocycles. The molecule has 7 aromatic carbocycles. The Labute approximate surface area is 328 Å². The Balaban J connectivity index is 1.05. The van der Waals surface area contributed by atoms with E-state index in [1.807, 2.05) is 24.3 Å². The molecule has 0 saturated heterocycles. The third-order valence-corrected chi connectivity index (χ3v) is 12.0. The number of furan rings is 1. The van der Waals surface area contributed by atoms with E-state index in [4.69, 9.17) is 19.4 Å². The first-order valence-corrected chi connectivity index (χ1v) is 19.8. The van der Waals surface area contributed by atoms with Crippen LogP contribution in [0.15, 0.2) is 174 Å². The Morgan fingerprint density at radius 3 is 1.80 bits per heavy atom. The maximum absolute atomic E-state index is 6.53. The van der Waals surface area contributed by atoms with Gasteiger partial charge < -0.3 is 4.42 Å². The van der Waals surface area contributed by atoms with Crippen molar-refractivity contribution in [2.75, 3.05) is 0 Å². The van der Waals surface area contributed by atoms with Gasteiger partial charge in [0.15, 0.2) is 17.5 Å². The number of thiophene rings is 1. The van der Waals surface area contributed by atoms with E-state index < -0.39 is 0 Å². The van der Waals surface area contributed by atoms with Crippen LogP contribution in [-0.4, -0.2) is 15.0 Å². The molecular weight excluding hydrogens is 703 g/mol. The van der Waals surface area contributed by atoms with Crippen molar-refractivity contribution in [2.45, 2.75) is 12.8 Å². The fourth-order valence-electron chi connectivity index (χ4n) is 8.01. The Hall–Kier alpha value is -6.95. The molecular formula is C51H33N3OS. The van der Waals surface area contributed by atoms with Crippen LogP contribution in [-0.2, 0) is 6.42 Å². The summed E-state index contributed by atoms with van der Waals surface area (Å²) in [5.41, 5.74) is 12.1. The minimum Gasteiger partial charge on any atom is -0.456 e. The van der Waals surface area contributed by atoms with Crippen molar-refractivity contribution in [3.8, 4) is 67.5 Å². The average Bonchev–Trinajstić information content (AvgIpc) is 3.85. The van der Waals surface area contributed by atoms with E-state index in [2.05, 4.69) is 152 Å². The molecule has 0 atom stereocenters. The van der Waals surface area contributed by atoms with Crippen LogP contribution >= 0.6 is 11.3 Å². The maximum Gasteiger partial charge on any atom is 0.165 e. The van der Waals surface area contributed by atoms with E-state index >= 15 is 0 Å². The molecule has 11 rings (SSSR count). The quantitative estimate of drug-likeness (QED) is 0.171. The van der Waals surface area contributed by atoms with Crippen LogP contribution in [0.5, 0.6) is 0 Å². The number of allylic oxidation sites excluding steroid dienone is 1. The second-order valence-electron chi connectivity index (χ2n) is 14.3. The third kappa shape index (κ3) is 5.64. The topological polar surface area (TPSA) is 51.8 Å². The van der Waals surface area contributed by atoms with Crippen molar-refractivity contribution in [3.63, 3.8) is 0 Å². The van der Waals surface area contributed by atoms with Crippen molar-refractivity contribution in [1.29, 1.82) is 0 Å². The summed E-state index contributed by atoms with van der Waals surface area (Å²) in [5, 5.41) is 3.61. The predicted octanol–water partition coefficient (Wildman–Crippen LogP) is 13.9. The van der Waals surface area contributed by atoms with Gasteiger partial charge in [0.1, 0.15) is 11.3 Å². The van der Waals surface area contributed by atoms with Crippen LogP contribution < -0.4 is 0 Å². The molecule has 4 nitrogen and oxygen atoms in total. The number of nitrogens with zero attached hydrogens (tertiary/aromatic N) is 3. The molecule has 0 bridgehead atoms. The van der Waals surface area contributed by atoms with Gasteiger partial charge in [-0.1, -0.05) is 140 Å². The molecule has 264 valence electrons. The van der Waals surface area contributed by atoms with Gasteiger partial charge in [0.25, 0.3) is 0 Å². The van der Waals surface area contributed by atoms with Crippen molar-refractivity contribution < 1.29 is 4.42 Å². The Kier molecular flexibility index (Phi) is 7.78. The van der Waals surface area contributed by atoms with E-state index in [1.54, 1.807) is 11.3 Å². The van der Waals surface area contributed by atoms with Crippen LogP contribution in [0, 0.1) is 0 Å². The minimum absolute atomic E-state index is 0.649. The third-order valence-electron chi connectivity index (χ3n) is 10.8. The fraction of sp³-hybridized carbons (Fsp3) is 0.0392. The summed E-state index contributed by atoms with van der Waals surface area (Å²) >= 11 is 1.79. The van der Waals surface area contributed by atoms with E-state index in [0.29, 0.717) is 17.5 Å². The summed E-state index contributed by atoms with van der Waals surface area (Å²) in [7, 11) is 0. The van der Waals surface area contributed by atoms with Crippen LogP contribution in [0.1, 0.15) is 17.7 Å². The highest BCUT2D eigenvalue weighted by molar-refractivity contribution is 7.26. The summed E-state index contributed by atoms with van der Waals surface area (Å²) in [6, 6.07) is 57.7. The molecule has 1 aliphatic rings. The lowest BCUT2D eigenvalue weighted by atomic mass is 9.93. The van der Waals surface area contributed by atoms with E-state index in [1.165, 1.54) is 43.1 Å². The largest absolute Gasteiger partial charge is 0.456 e. The first-order chi connectivity index (χ1) is 27.7. The molecule has 0 saturated carbocycles. The zero-order valence-electron chi connectivity index (χ0n) is 30.3. The van der Waals surface area contributed by atoms with Crippen molar-refractivity contribution in [1.82, 2.24) is 15.0 Å². The van der Waals surface area contributed by atoms with Gasteiger partial charge in [0.2, 0.25) is 0 Å². The van der Waals surface area contributed by atoms with Gasteiger partial charge in [0.05, 0.1) is 0 Å². The predicted molar refractivity (Wildman–Crippen MR) is 232 cm³/mol. The number of fused-ring (bicyclic) bond motifs is 6. The maximum atomic E-state index is 6.53. The zero-order chi connectivity index (χ0) is 37.0. The standard InChI is InChI=1S/C51H33N3OS/c1-4-13-32(14-5-1)33-23-25-36(26-24-33)50-52-49(35-17-8-3-9-18-35)53-51(54-50)41-21-12-20-40-43-29-37(27-28-46(43)56-48(40)41)38-30-42(34-15-6-2-7-16-34)47-44(31-38)39-19-10-11-22-45(39)55-47/h1-9,11-18,20-31H,10,19H2. The van der Waals surface area contributed by atoms with Crippen molar-refractivity contribution in [2.24, 2.45) is 0 Å². The smallest absolute Gasteiger partial charge is 0.165 e. The molecule has 5 heteroatoms. The SMILES string of the molecule is C1=Cc2oc3c(-c4ccccc4)cc(-c4ccc5sc6c(-c7nc(-c8ccccc8)nc(-c8ccc(-c9ccccc9)cc8)n7)cccc6c5c4)cc3c2CC1. The van der Waals surface area contributed by atoms with Crippen LogP contribution in [0.25, 0.3) is 105 Å². The molecule has 0 unspecified atom stereocenters. The minimum atomic E-state index is 0.649.